The minimum Gasteiger partial charge on any atom is -0.488 e. The van der Waals surface area contributed by atoms with Gasteiger partial charge in [-0.1, -0.05) is 56.0 Å². The second-order valence-electron chi connectivity index (χ2n) is 6.71. The molecule has 1 aliphatic heterocycles. The Bertz CT molecular complexity index is 731. The normalized spacial score (nSPS) is 15.0. The fourth-order valence-electron chi connectivity index (χ4n) is 3.08. The molecule has 2 aromatic rings. The second-order valence-corrected chi connectivity index (χ2v) is 6.71. The van der Waals surface area contributed by atoms with Gasteiger partial charge in [0.15, 0.2) is 0 Å². The zero-order valence-electron chi connectivity index (χ0n) is 14.8. The third-order valence-corrected chi connectivity index (χ3v) is 4.78. The van der Waals surface area contributed by atoms with Crippen LogP contribution in [0.1, 0.15) is 41.3 Å². The Morgan fingerprint density at radius 2 is 1.92 bits per heavy atom. The Morgan fingerprint density at radius 3 is 2.60 bits per heavy atom. The summed E-state index contributed by atoms with van der Waals surface area (Å²) in [7, 11) is 0. The molecule has 0 aliphatic carbocycles. The first-order valence-corrected chi connectivity index (χ1v) is 8.90. The average Bonchev–Trinajstić information content (AvgIpc) is 2.67. The SMILES string of the molecule is C=Cc1ccc(C(=O)N2CCC(C)CC2)c(OCc2ccccc2)c1. The van der Waals surface area contributed by atoms with Gasteiger partial charge in [0.1, 0.15) is 12.4 Å². The molecule has 0 N–H and O–H groups in total. The number of nitrogens with zero attached hydrogens (tertiary/aromatic N) is 1. The summed E-state index contributed by atoms with van der Waals surface area (Å²) in [5.41, 5.74) is 2.67. The van der Waals surface area contributed by atoms with Crippen molar-refractivity contribution >= 4 is 12.0 Å². The smallest absolute Gasteiger partial charge is 0.257 e. The minimum absolute atomic E-state index is 0.0607. The zero-order chi connectivity index (χ0) is 17.6. The van der Waals surface area contributed by atoms with E-state index in [0.29, 0.717) is 23.8 Å². The molecular weight excluding hydrogens is 310 g/mol. The molecule has 1 fully saturated rings. The molecule has 1 amide bonds. The average molecular weight is 335 g/mol. The van der Waals surface area contributed by atoms with E-state index in [1.165, 1.54) is 0 Å². The van der Waals surface area contributed by atoms with Crippen molar-refractivity contribution in [2.75, 3.05) is 13.1 Å². The molecule has 3 rings (SSSR count). The quantitative estimate of drug-likeness (QED) is 0.787. The van der Waals surface area contributed by atoms with Crippen molar-refractivity contribution in [1.82, 2.24) is 4.90 Å². The van der Waals surface area contributed by atoms with Gasteiger partial charge in [0, 0.05) is 13.1 Å². The van der Waals surface area contributed by atoms with Crippen LogP contribution in [0.2, 0.25) is 0 Å². The van der Waals surface area contributed by atoms with Gasteiger partial charge in [-0.3, -0.25) is 4.79 Å². The standard InChI is InChI=1S/C22H25NO2/c1-3-18-9-10-20(22(24)23-13-11-17(2)12-14-23)21(15-18)25-16-19-7-5-4-6-8-19/h3-10,15,17H,1,11-14,16H2,2H3. The fraction of sp³-hybridized carbons (Fsp3) is 0.318. The largest absolute Gasteiger partial charge is 0.488 e. The van der Waals surface area contributed by atoms with Gasteiger partial charge < -0.3 is 9.64 Å². The summed E-state index contributed by atoms with van der Waals surface area (Å²) in [4.78, 5) is 14.9. The van der Waals surface area contributed by atoms with E-state index in [-0.39, 0.29) is 5.91 Å². The molecule has 0 spiro atoms. The number of benzene rings is 2. The molecular formula is C22H25NO2. The lowest BCUT2D eigenvalue weighted by Crippen LogP contribution is -2.38. The number of ether oxygens (including phenoxy) is 1. The van der Waals surface area contributed by atoms with Crippen LogP contribution in [0.3, 0.4) is 0 Å². The van der Waals surface area contributed by atoms with Crippen molar-refractivity contribution in [2.45, 2.75) is 26.4 Å². The van der Waals surface area contributed by atoms with Crippen molar-refractivity contribution in [3.05, 3.63) is 71.8 Å². The maximum absolute atomic E-state index is 13.0. The first-order valence-electron chi connectivity index (χ1n) is 8.90. The van der Waals surface area contributed by atoms with Gasteiger partial charge in [-0.2, -0.15) is 0 Å². The Kier molecular flexibility index (Phi) is 5.54. The summed E-state index contributed by atoms with van der Waals surface area (Å²) in [5, 5.41) is 0. The summed E-state index contributed by atoms with van der Waals surface area (Å²) >= 11 is 0. The number of piperidine rings is 1. The molecule has 3 nitrogen and oxygen atoms in total. The summed E-state index contributed by atoms with van der Waals surface area (Å²) in [6, 6.07) is 15.7. The van der Waals surface area contributed by atoms with Crippen LogP contribution in [0.15, 0.2) is 55.1 Å². The number of rotatable bonds is 5. The van der Waals surface area contributed by atoms with Crippen molar-refractivity contribution < 1.29 is 9.53 Å². The van der Waals surface area contributed by atoms with Gasteiger partial charge in [-0.15, -0.1) is 0 Å². The lowest BCUT2D eigenvalue weighted by molar-refractivity contribution is 0.0692. The van der Waals surface area contributed by atoms with E-state index in [4.69, 9.17) is 4.74 Å². The number of carbonyl (C=O) groups excluding carboxylic acids is 1. The summed E-state index contributed by atoms with van der Waals surface area (Å²) in [6.07, 6.45) is 3.90. The monoisotopic (exact) mass is 335 g/mol. The molecule has 0 radical (unpaired) electrons. The van der Waals surface area contributed by atoms with Crippen molar-refractivity contribution in [2.24, 2.45) is 5.92 Å². The van der Waals surface area contributed by atoms with Crippen LogP contribution in [0.4, 0.5) is 0 Å². The summed E-state index contributed by atoms with van der Waals surface area (Å²) in [6.45, 7) is 8.14. The fourth-order valence-corrected chi connectivity index (χ4v) is 3.08. The Hall–Kier alpha value is -2.55. The van der Waals surface area contributed by atoms with E-state index >= 15 is 0 Å². The van der Waals surface area contributed by atoms with E-state index in [0.717, 1.165) is 37.1 Å². The van der Waals surface area contributed by atoms with Crippen LogP contribution >= 0.6 is 0 Å². The second kappa shape index (κ2) is 8.02. The van der Waals surface area contributed by atoms with Gasteiger partial charge >= 0.3 is 0 Å². The van der Waals surface area contributed by atoms with Gasteiger partial charge in [0.05, 0.1) is 5.56 Å². The molecule has 1 heterocycles. The molecule has 0 atom stereocenters. The highest BCUT2D eigenvalue weighted by Gasteiger charge is 2.24. The van der Waals surface area contributed by atoms with Crippen LogP contribution in [0.25, 0.3) is 6.08 Å². The van der Waals surface area contributed by atoms with Crippen molar-refractivity contribution in [1.29, 1.82) is 0 Å². The van der Waals surface area contributed by atoms with Crippen LogP contribution < -0.4 is 4.74 Å². The van der Waals surface area contributed by atoms with Crippen LogP contribution in [-0.4, -0.2) is 23.9 Å². The molecule has 2 aromatic carbocycles. The third-order valence-electron chi connectivity index (χ3n) is 4.78. The molecule has 130 valence electrons. The Morgan fingerprint density at radius 1 is 1.20 bits per heavy atom. The highest BCUT2D eigenvalue weighted by atomic mass is 16.5. The van der Waals surface area contributed by atoms with Gasteiger partial charge in [0.25, 0.3) is 5.91 Å². The molecule has 1 saturated heterocycles. The molecule has 1 aliphatic rings. The molecule has 0 aromatic heterocycles. The van der Waals surface area contributed by atoms with E-state index in [1.807, 2.05) is 53.4 Å². The number of hydrogen-bond donors (Lipinski definition) is 0. The highest BCUT2D eigenvalue weighted by Crippen LogP contribution is 2.26. The Balaban J connectivity index is 1.80. The number of likely N-dealkylation sites (tertiary alicyclic amines) is 1. The topological polar surface area (TPSA) is 29.5 Å². The van der Waals surface area contributed by atoms with Crippen LogP contribution in [0, 0.1) is 5.92 Å². The molecule has 3 heteroatoms. The maximum Gasteiger partial charge on any atom is 0.257 e. The lowest BCUT2D eigenvalue weighted by atomic mass is 9.98. The van der Waals surface area contributed by atoms with Crippen molar-refractivity contribution in [3.8, 4) is 5.75 Å². The number of carbonyl (C=O) groups is 1. The van der Waals surface area contributed by atoms with Gasteiger partial charge in [-0.05, 0) is 42.0 Å². The molecule has 0 saturated carbocycles. The van der Waals surface area contributed by atoms with Crippen LogP contribution in [0.5, 0.6) is 5.75 Å². The van der Waals surface area contributed by atoms with Crippen molar-refractivity contribution in [3.63, 3.8) is 0 Å². The van der Waals surface area contributed by atoms with E-state index in [1.54, 1.807) is 6.08 Å². The lowest BCUT2D eigenvalue weighted by Gasteiger charge is -2.30. The number of amides is 1. The van der Waals surface area contributed by atoms with E-state index in [2.05, 4.69) is 13.5 Å². The van der Waals surface area contributed by atoms with Gasteiger partial charge in [-0.25, -0.2) is 0 Å². The first kappa shape index (κ1) is 17.3. The predicted octanol–water partition coefficient (Wildman–Crippen LogP) is 4.78. The first-order chi connectivity index (χ1) is 12.2. The third kappa shape index (κ3) is 4.30. The zero-order valence-corrected chi connectivity index (χ0v) is 14.8. The van der Waals surface area contributed by atoms with Crippen LogP contribution in [-0.2, 0) is 6.61 Å². The van der Waals surface area contributed by atoms with Gasteiger partial charge in [0.2, 0.25) is 0 Å². The molecule has 0 bridgehead atoms. The predicted molar refractivity (Wildman–Crippen MR) is 102 cm³/mol. The highest BCUT2D eigenvalue weighted by molar-refractivity contribution is 5.97. The van der Waals surface area contributed by atoms with E-state index in [9.17, 15) is 4.79 Å². The number of hydrogen-bond acceptors (Lipinski definition) is 2. The molecule has 25 heavy (non-hydrogen) atoms. The summed E-state index contributed by atoms with van der Waals surface area (Å²) in [5.74, 6) is 1.39. The minimum atomic E-state index is 0.0607. The maximum atomic E-state index is 13.0. The molecule has 0 unspecified atom stereocenters. The van der Waals surface area contributed by atoms with E-state index < -0.39 is 0 Å². The summed E-state index contributed by atoms with van der Waals surface area (Å²) < 4.78 is 6.00. The Labute approximate surface area is 149 Å².